The summed E-state index contributed by atoms with van der Waals surface area (Å²) in [5.74, 6) is -0.0600. The van der Waals surface area contributed by atoms with Crippen molar-refractivity contribution in [3.63, 3.8) is 0 Å². The Bertz CT molecular complexity index is 926. The molecule has 0 spiro atoms. The highest BCUT2D eigenvalue weighted by atomic mass is 16.5. The number of carbonyl (C=O) groups is 1. The summed E-state index contributed by atoms with van der Waals surface area (Å²) in [5.41, 5.74) is 3.41. The summed E-state index contributed by atoms with van der Waals surface area (Å²) >= 11 is 0. The molecule has 5 rings (SSSR count). The molecule has 1 aromatic carbocycles. The topological polar surface area (TPSA) is 68.6 Å². The van der Waals surface area contributed by atoms with E-state index in [0.717, 1.165) is 55.4 Å². The molecule has 1 unspecified atom stereocenters. The fourth-order valence-corrected chi connectivity index (χ4v) is 5.01. The Morgan fingerprint density at radius 2 is 2.14 bits per heavy atom. The number of anilines is 2. The predicted octanol–water partition coefficient (Wildman–Crippen LogP) is 3.70. The lowest BCUT2D eigenvalue weighted by atomic mass is 9.78. The molecule has 2 fully saturated rings. The van der Waals surface area contributed by atoms with Gasteiger partial charge in [-0.05, 0) is 58.1 Å². The quantitative estimate of drug-likeness (QED) is 0.795. The van der Waals surface area contributed by atoms with E-state index in [-0.39, 0.29) is 23.7 Å². The molecule has 3 heterocycles. The number of rotatable bonds is 3. The smallest absolute Gasteiger partial charge is 0.308 e. The molecule has 1 atom stereocenters. The van der Waals surface area contributed by atoms with Crippen LogP contribution in [0.1, 0.15) is 52.2 Å². The fraction of sp³-hybridized carbons (Fsp3) is 0.636. The van der Waals surface area contributed by atoms with Gasteiger partial charge >= 0.3 is 5.97 Å². The van der Waals surface area contributed by atoms with Crippen molar-refractivity contribution in [3.8, 4) is 0 Å². The number of benzene rings is 1. The highest BCUT2D eigenvalue weighted by Gasteiger charge is 2.42. The first-order valence-electron chi connectivity index (χ1n) is 10.7. The number of methoxy groups -OCH3 is 1. The zero-order valence-corrected chi connectivity index (χ0v) is 17.5. The molecule has 0 bridgehead atoms. The van der Waals surface area contributed by atoms with E-state index in [9.17, 15) is 4.79 Å². The number of esters is 1. The van der Waals surface area contributed by atoms with Crippen LogP contribution in [0.5, 0.6) is 0 Å². The largest absolute Gasteiger partial charge is 0.469 e. The molecule has 0 radical (unpaired) electrons. The van der Waals surface area contributed by atoms with Crippen LogP contribution in [-0.4, -0.2) is 47.6 Å². The van der Waals surface area contributed by atoms with Crippen LogP contribution in [0.25, 0.3) is 10.9 Å². The molecule has 156 valence electrons. The molecule has 1 aliphatic carbocycles. The molecule has 2 aromatic rings. The Morgan fingerprint density at radius 1 is 1.31 bits per heavy atom. The molecule has 1 saturated carbocycles. The van der Waals surface area contributed by atoms with Gasteiger partial charge in [0.15, 0.2) is 6.23 Å². The van der Waals surface area contributed by atoms with E-state index in [1.165, 1.54) is 19.2 Å². The van der Waals surface area contributed by atoms with Gasteiger partial charge in [-0.1, -0.05) is 0 Å². The minimum absolute atomic E-state index is 0.0214. The molecular weight excluding hydrogens is 368 g/mol. The third kappa shape index (κ3) is 3.25. The lowest BCUT2D eigenvalue weighted by Crippen LogP contribution is -2.56. The lowest BCUT2D eigenvalue weighted by Gasteiger charge is -2.50. The van der Waals surface area contributed by atoms with Crippen molar-refractivity contribution in [2.45, 2.75) is 63.8 Å². The summed E-state index contributed by atoms with van der Waals surface area (Å²) in [4.78, 5) is 14.4. The Kier molecular flexibility index (Phi) is 4.46. The van der Waals surface area contributed by atoms with Gasteiger partial charge in [-0.2, -0.15) is 5.10 Å². The van der Waals surface area contributed by atoms with Gasteiger partial charge in [-0.25, -0.2) is 4.68 Å². The molecule has 1 N–H and O–H groups in total. The summed E-state index contributed by atoms with van der Waals surface area (Å²) in [6, 6.07) is 4.82. The van der Waals surface area contributed by atoms with Crippen LogP contribution in [0.4, 0.5) is 11.4 Å². The summed E-state index contributed by atoms with van der Waals surface area (Å²) in [7, 11) is 1.48. The summed E-state index contributed by atoms with van der Waals surface area (Å²) < 4.78 is 13.0. The number of aromatic nitrogens is 2. The minimum Gasteiger partial charge on any atom is -0.469 e. The average Bonchev–Trinajstić information content (AvgIpc) is 3.07. The minimum atomic E-state index is -0.0844. The van der Waals surface area contributed by atoms with E-state index in [2.05, 4.69) is 41.3 Å². The van der Waals surface area contributed by atoms with E-state index in [1.54, 1.807) is 0 Å². The van der Waals surface area contributed by atoms with Gasteiger partial charge in [0, 0.05) is 30.1 Å². The number of fused-ring (bicyclic) bond motifs is 2. The van der Waals surface area contributed by atoms with Crippen LogP contribution < -0.4 is 10.2 Å². The van der Waals surface area contributed by atoms with Crippen LogP contribution in [0.3, 0.4) is 0 Å². The third-order valence-corrected chi connectivity index (χ3v) is 6.58. The Hall–Kier alpha value is -2.28. The van der Waals surface area contributed by atoms with Crippen molar-refractivity contribution >= 4 is 28.2 Å². The normalized spacial score (nSPS) is 28.4. The first-order chi connectivity index (χ1) is 13.9. The number of nitrogens with zero attached hydrogens (tertiary/aromatic N) is 3. The second-order valence-electron chi connectivity index (χ2n) is 9.32. The highest BCUT2D eigenvalue weighted by molar-refractivity contribution is 5.91. The first kappa shape index (κ1) is 18.7. The SMILES string of the molecule is COC(=O)C1CC(N2CC(C)(C)Nc3cc4cnn(C5CCCCO5)c4cc32)C1. The molecule has 0 amide bonds. The highest BCUT2D eigenvalue weighted by Crippen LogP contribution is 2.44. The Balaban J connectivity index is 1.50. The molecule has 7 nitrogen and oxygen atoms in total. The number of nitrogens with one attached hydrogen (secondary N) is 1. The van der Waals surface area contributed by atoms with Crippen molar-refractivity contribution < 1.29 is 14.3 Å². The van der Waals surface area contributed by atoms with E-state index in [1.807, 2.05) is 10.9 Å². The fourth-order valence-electron chi connectivity index (χ4n) is 5.01. The lowest BCUT2D eigenvalue weighted by molar-refractivity contribution is -0.148. The van der Waals surface area contributed by atoms with Gasteiger partial charge in [0.1, 0.15) is 0 Å². The Morgan fingerprint density at radius 3 is 2.86 bits per heavy atom. The standard InChI is InChI=1S/C22H30N4O3/c1-22(2)13-25(16-8-14(9-16)21(27)28-3)19-11-18-15(10-17(19)24-22)12-23-26(18)20-6-4-5-7-29-20/h10-12,14,16,20,24H,4-9,13H2,1-3H3. The molecule has 7 heteroatoms. The Labute approximate surface area is 171 Å². The van der Waals surface area contributed by atoms with Gasteiger partial charge in [-0.15, -0.1) is 0 Å². The maximum absolute atomic E-state index is 11.9. The second-order valence-corrected chi connectivity index (χ2v) is 9.32. The number of hydrogen-bond acceptors (Lipinski definition) is 6. The second kappa shape index (κ2) is 6.90. The van der Waals surface area contributed by atoms with Crippen LogP contribution in [0.2, 0.25) is 0 Å². The van der Waals surface area contributed by atoms with Gasteiger partial charge < -0.3 is 19.7 Å². The average molecular weight is 399 g/mol. The molecular formula is C22H30N4O3. The van der Waals surface area contributed by atoms with Gasteiger partial charge in [0.25, 0.3) is 0 Å². The number of hydrogen-bond donors (Lipinski definition) is 1. The van der Waals surface area contributed by atoms with Crippen molar-refractivity contribution in [1.29, 1.82) is 0 Å². The summed E-state index contributed by atoms with van der Waals surface area (Å²) in [6.07, 6.45) is 6.98. The molecule has 2 aliphatic heterocycles. The first-order valence-corrected chi connectivity index (χ1v) is 10.7. The van der Waals surface area contributed by atoms with Gasteiger partial charge in [0.05, 0.1) is 36.1 Å². The van der Waals surface area contributed by atoms with Gasteiger partial charge in [0.2, 0.25) is 0 Å². The molecule has 1 saturated heterocycles. The van der Waals surface area contributed by atoms with E-state index in [0.29, 0.717) is 6.04 Å². The predicted molar refractivity (Wildman–Crippen MR) is 112 cm³/mol. The monoisotopic (exact) mass is 398 g/mol. The van der Waals surface area contributed by atoms with Crippen LogP contribution >= 0.6 is 0 Å². The van der Waals surface area contributed by atoms with E-state index in [4.69, 9.17) is 9.47 Å². The maximum atomic E-state index is 11.9. The third-order valence-electron chi connectivity index (χ3n) is 6.58. The van der Waals surface area contributed by atoms with Crippen LogP contribution in [-0.2, 0) is 14.3 Å². The van der Waals surface area contributed by atoms with Crippen molar-refractivity contribution in [2.75, 3.05) is 30.5 Å². The zero-order chi connectivity index (χ0) is 20.2. The van der Waals surface area contributed by atoms with E-state index < -0.39 is 0 Å². The molecule has 3 aliphatic rings. The summed E-state index contributed by atoms with van der Waals surface area (Å²) in [6.45, 7) is 6.15. The maximum Gasteiger partial charge on any atom is 0.308 e. The number of carbonyl (C=O) groups excluding carboxylic acids is 1. The van der Waals surface area contributed by atoms with Crippen molar-refractivity contribution in [3.05, 3.63) is 18.3 Å². The van der Waals surface area contributed by atoms with E-state index >= 15 is 0 Å². The summed E-state index contributed by atoms with van der Waals surface area (Å²) in [5, 5.41) is 9.48. The van der Waals surface area contributed by atoms with Crippen molar-refractivity contribution in [1.82, 2.24) is 9.78 Å². The van der Waals surface area contributed by atoms with Gasteiger partial charge in [-0.3, -0.25) is 4.79 Å². The van der Waals surface area contributed by atoms with Crippen molar-refractivity contribution in [2.24, 2.45) is 5.92 Å². The molecule has 29 heavy (non-hydrogen) atoms. The van der Waals surface area contributed by atoms with Crippen LogP contribution in [0.15, 0.2) is 18.3 Å². The molecule has 1 aromatic heterocycles. The zero-order valence-electron chi connectivity index (χ0n) is 17.5. The van der Waals surface area contributed by atoms with Crippen LogP contribution in [0, 0.1) is 5.92 Å². The number of ether oxygens (including phenoxy) is 2.